The maximum atomic E-state index is 13.1. The van der Waals surface area contributed by atoms with E-state index in [0.29, 0.717) is 17.3 Å². The van der Waals surface area contributed by atoms with Crippen LogP contribution < -0.4 is 10.6 Å². The number of hydrogen-bond donors (Lipinski definition) is 2. The molecule has 0 unspecified atom stereocenters. The molecule has 1 saturated heterocycles. The molecule has 1 aliphatic carbocycles. The van der Waals surface area contributed by atoms with Gasteiger partial charge in [0.25, 0.3) is 5.91 Å². The topological polar surface area (TPSA) is 102 Å². The van der Waals surface area contributed by atoms with E-state index in [2.05, 4.69) is 49.5 Å². The average Bonchev–Trinajstić information content (AvgIpc) is 3.41. The van der Waals surface area contributed by atoms with Gasteiger partial charge in [-0.3, -0.25) is 4.79 Å². The van der Waals surface area contributed by atoms with E-state index in [1.54, 1.807) is 17.8 Å². The SMILES string of the molecule is CNc1cc(-c2cn(C3CN(C)C3)c3ncccc23)nc2c(C(=O)N[C@H]3CC[C@@H]3OC)cnn12. The van der Waals surface area contributed by atoms with Crippen LogP contribution in [0.2, 0.25) is 0 Å². The van der Waals surface area contributed by atoms with Crippen LogP contribution in [0.4, 0.5) is 5.82 Å². The molecule has 176 valence electrons. The maximum Gasteiger partial charge on any atom is 0.257 e. The number of nitrogens with zero attached hydrogens (tertiary/aromatic N) is 6. The third-order valence-electron chi connectivity index (χ3n) is 7.11. The third-order valence-corrected chi connectivity index (χ3v) is 7.11. The summed E-state index contributed by atoms with van der Waals surface area (Å²) in [6.07, 6.45) is 7.48. The predicted molar refractivity (Wildman–Crippen MR) is 129 cm³/mol. The number of nitrogens with one attached hydrogen (secondary N) is 2. The van der Waals surface area contributed by atoms with Gasteiger partial charge in [0.15, 0.2) is 5.65 Å². The van der Waals surface area contributed by atoms with Gasteiger partial charge in [-0.2, -0.15) is 9.61 Å². The van der Waals surface area contributed by atoms with Crippen LogP contribution in [0.25, 0.3) is 27.9 Å². The summed E-state index contributed by atoms with van der Waals surface area (Å²) in [7, 11) is 5.64. The molecule has 0 radical (unpaired) electrons. The Morgan fingerprint density at radius 2 is 2.09 bits per heavy atom. The van der Waals surface area contributed by atoms with Crippen LogP contribution in [-0.2, 0) is 4.74 Å². The number of pyridine rings is 1. The molecule has 5 heterocycles. The average molecular weight is 461 g/mol. The van der Waals surface area contributed by atoms with Gasteiger partial charge in [0, 0.05) is 56.7 Å². The Bertz CT molecular complexity index is 1380. The van der Waals surface area contributed by atoms with Crippen molar-refractivity contribution in [2.75, 3.05) is 39.6 Å². The second-order valence-electron chi connectivity index (χ2n) is 9.20. The highest BCUT2D eigenvalue weighted by Gasteiger charge is 2.33. The van der Waals surface area contributed by atoms with Crippen molar-refractivity contribution in [1.82, 2.24) is 34.4 Å². The van der Waals surface area contributed by atoms with Gasteiger partial charge in [-0.05, 0) is 32.0 Å². The van der Waals surface area contributed by atoms with Crippen molar-refractivity contribution in [2.45, 2.75) is 31.0 Å². The Labute approximate surface area is 196 Å². The summed E-state index contributed by atoms with van der Waals surface area (Å²) < 4.78 is 9.35. The lowest BCUT2D eigenvalue weighted by molar-refractivity contribution is 0.00732. The van der Waals surface area contributed by atoms with Crippen molar-refractivity contribution < 1.29 is 9.53 Å². The minimum absolute atomic E-state index is 0.0176. The number of methoxy groups -OCH3 is 1. The Balaban J connectivity index is 1.44. The zero-order chi connectivity index (χ0) is 23.4. The molecule has 10 nitrogen and oxygen atoms in total. The van der Waals surface area contributed by atoms with Gasteiger partial charge in [0.2, 0.25) is 0 Å². The van der Waals surface area contributed by atoms with Crippen molar-refractivity contribution in [3.05, 3.63) is 42.4 Å². The predicted octanol–water partition coefficient (Wildman–Crippen LogP) is 2.18. The first kappa shape index (κ1) is 21.1. The zero-order valence-corrected chi connectivity index (χ0v) is 19.5. The molecule has 6 rings (SSSR count). The summed E-state index contributed by atoms with van der Waals surface area (Å²) in [6, 6.07) is 6.39. The summed E-state index contributed by atoms with van der Waals surface area (Å²) in [5.74, 6) is 0.570. The molecule has 1 amide bonds. The van der Waals surface area contributed by atoms with Gasteiger partial charge in [-0.25, -0.2) is 9.97 Å². The van der Waals surface area contributed by atoms with Crippen LogP contribution in [0.15, 0.2) is 36.8 Å². The van der Waals surface area contributed by atoms with Gasteiger partial charge in [0.1, 0.15) is 17.0 Å². The number of likely N-dealkylation sites (N-methyl/N-ethyl adjacent to an activating group) is 1. The normalized spacial score (nSPS) is 20.9. The Morgan fingerprint density at radius 1 is 1.24 bits per heavy atom. The Kier molecular flexibility index (Phi) is 5.00. The largest absolute Gasteiger partial charge is 0.379 e. The van der Waals surface area contributed by atoms with Crippen LogP contribution in [-0.4, -0.2) is 81.4 Å². The van der Waals surface area contributed by atoms with E-state index >= 15 is 0 Å². The van der Waals surface area contributed by atoms with E-state index in [9.17, 15) is 4.79 Å². The first-order chi connectivity index (χ1) is 16.6. The van der Waals surface area contributed by atoms with E-state index in [0.717, 1.165) is 54.0 Å². The summed E-state index contributed by atoms with van der Waals surface area (Å²) in [6.45, 7) is 1.98. The molecular formula is C24H28N8O2. The summed E-state index contributed by atoms with van der Waals surface area (Å²) >= 11 is 0. The molecule has 0 bridgehead atoms. The van der Waals surface area contributed by atoms with Gasteiger partial charge < -0.3 is 24.8 Å². The van der Waals surface area contributed by atoms with Crippen LogP contribution in [0, 0.1) is 0 Å². The molecule has 0 aromatic carbocycles. The fourth-order valence-corrected chi connectivity index (χ4v) is 5.01. The maximum absolute atomic E-state index is 13.1. The molecule has 4 aromatic heterocycles. The summed E-state index contributed by atoms with van der Waals surface area (Å²) in [4.78, 5) is 25.0. The van der Waals surface area contributed by atoms with E-state index in [1.165, 1.54) is 0 Å². The second-order valence-corrected chi connectivity index (χ2v) is 9.20. The Morgan fingerprint density at radius 3 is 2.79 bits per heavy atom. The number of ether oxygens (including phenoxy) is 1. The number of hydrogen-bond acceptors (Lipinski definition) is 7. The zero-order valence-electron chi connectivity index (χ0n) is 19.5. The number of likely N-dealkylation sites (tertiary alicyclic amines) is 1. The molecule has 1 aliphatic heterocycles. The minimum atomic E-state index is -0.185. The highest BCUT2D eigenvalue weighted by Crippen LogP contribution is 2.34. The van der Waals surface area contributed by atoms with Crippen molar-refractivity contribution in [1.29, 1.82) is 0 Å². The minimum Gasteiger partial charge on any atom is -0.379 e. The fraction of sp³-hybridized carbons (Fsp3) is 0.417. The number of aromatic nitrogens is 5. The number of carbonyl (C=O) groups is 1. The molecule has 2 aliphatic rings. The number of rotatable bonds is 6. The van der Waals surface area contributed by atoms with Gasteiger partial charge >= 0.3 is 0 Å². The summed E-state index contributed by atoms with van der Waals surface area (Å²) in [5, 5.41) is 11.8. The van der Waals surface area contributed by atoms with Gasteiger partial charge in [-0.15, -0.1) is 0 Å². The number of carbonyl (C=O) groups excluding carboxylic acids is 1. The van der Waals surface area contributed by atoms with Crippen molar-refractivity contribution in [2.24, 2.45) is 0 Å². The highest BCUT2D eigenvalue weighted by atomic mass is 16.5. The quantitative estimate of drug-likeness (QED) is 0.455. The molecule has 2 N–H and O–H groups in total. The monoisotopic (exact) mass is 460 g/mol. The van der Waals surface area contributed by atoms with Crippen LogP contribution in [0.3, 0.4) is 0 Å². The number of fused-ring (bicyclic) bond motifs is 2. The fourth-order valence-electron chi connectivity index (χ4n) is 5.01. The molecule has 1 saturated carbocycles. The molecule has 2 fully saturated rings. The molecule has 4 aromatic rings. The Hall–Kier alpha value is -3.50. The van der Waals surface area contributed by atoms with Crippen molar-refractivity contribution in [3.63, 3.8) is 0 Å². The smallest absolute Gasteiger partial charge is 0.257 e. The van der Waals surface area contributed by atoms with Crippen LogP contribution >= 0.6 is 0 Å². The van der Waals surface area contributed by atoms with E-state index in [-0.39, 0.29) is 18.1 Å². The first-order valence-electron chi connectivity index (χ1n) is 11.6. The summed E-state index contributed by atoms with van der Waals surface area (Å²) in [5.41, 5.74) is 3.67. The lowest BCUT2D eigenvalue weighted by Gasteiger charge is -2.37. The molecule has 0 spiro atoms. The van der Waals surface area contributed by atoms with Gasteiger partial charge in [0.05, 0.1) is 30.1 Å². The second kappa shape index (κ2) is 8.07. The van der Waals surface area contributed by atoms with Crippen LogP contribution in [0.1, 0.15) is 29.2 Å². The standard InChI is InChI=1S/C24H28N8O2/c1-25-21-9-19(17-13-31(14-11-30(2)12-14)22-15(17)5-4-8-26-22)28-23-16(10-27-32(21)23)24(33)29-18-6-7-20(18)34-3/h4-5,8-10,13-14,18,20,25H,6-7,11-12H2,1-3H3,(H,29,33)/t18-,20-/m0/s1. The molecule has 34 heavy (non-hydrogen) atoms. The van der Waals surface area contributed by atoms with Crippen molar-refractivity contribution >= 4 is 28.4 Å². The van der Waals surface area contributed by atoms with E-state index in [1.807, 2.05) is 25.4 Å². The van der Waals surface area contributed by atoms with Crippen LogP contribution in [0.5, 0.6) is 0 Å². The van der Waals surface area contributed by atoms with Crippen molar-refractivity contribution in [3.8, 4) is 11.3 Å². The molecule has 10 heteroatoms. The van der Waals surface area contributed by atoms with E-state index in [4.69, 9.17) is 9.72 Å². The first-order valence-corrected chi connectivity index (χ1v) is 11.6. The lowest BCUT2D eigenvalue weighted by atomic mass is 9.89. The number of anilines is 1. The molecular weight excluding hydrogens is 432 g/mol. The third kappa shape index (κ3) is 3.24. The number of amides is 1. The van der Waals surface area contributed by atoms with Gasteiger partial charge in [-0.1, -0.05) is 0 Å². The highest BCUT2D eigenvalue weighted by molar-refractivity contribution is 6.01. The molecule has 2 atom stereocenters. The van der Waals surface area contributed by atoms with E-state index < -0.39 is 0 Å². The lowest BCUT2D eigenvalue weighted by Crippen LogP contribution is -2.51.